The number of halogens is 1. The molecular formula is C18H26ClN3O4. The van der Waals surface area contributed by atoms with E-state index in [9.17, 15) is 9.59 Å². The molecule has 1 aliphatic rings. The lowest BCUT2D eigenvalue weighted by Crippen LogP contribution is -2.51. The lowest BCUT2D eigenvalue weighted by Gasteiger charge is -2.36. The minimum atomic E-state index is -0.251. The van der Waals surface area contributed by atoms with E-state index in [1.165, 1.54) is 13.2 Å². The van der Waals surface area contributed by atoms with Gasteiger partial charge in [0, 0.05) is 25.2 Å². The summed E-state index contributed by atoms with van der Waals surface area (Å²) in [6.07, 6.45) is 0.747. The van der Waals surface area contributed by atoms with Crippen molar-refractivity contribution in [2.45, 2.75) is 26.3 Å². The van der Waals surface area contributed by atoms with Crippen LogP contribution in [0.3, 0.4) is 0 Å². The fourth-order valence-electron chi connectivity index (χ4n) is 3.14. The molecule has 8 heteroatoms. The number of amides is 1. The van der Waals surface area contributed by atoms with Crippen LogP contribution >= 0.6 is 11.6 Å². The first-order chi connectivity index (χ1) is 12.3. The van der Waals surface area contributed by atoms with Crippen LogP contribution in [0.4, 0.5) is 5.69 Å². The maximum atomic E-state index is 12.7. The summed E-state index contributed by atoms with van der Waals surface area (Å²) in [5.74, 6) is 0.108. The van der Waals surface area contributed by atoms with Crippen molar-refractivity contribution in [3.05, 3.63) is 22.7 Å². The van der Waals surface area contributed by atoms with E-state index in [1.807, 2.05) is 4.90 Å². The molecule has 2 rings (SSSR count). The van der Waals surface area contributed by atoms with Crippen molar-refractivity contribution in [1.82, 2.24) is 10.2 Å². The van der Waals surface area contributed by atoms with Gasteiger partial charge in [0.15, 0.2) is 0 Å². The predicted octanol–water partition coefficient (Wildman–Crippen LogP) is 1.93. The summed E-state index contributed by atoms with van der Waals surface area (Å²) >= 11 is 6.04. The molecule has 26 heavy (non-hydrogen) atoms. The van der Waals surface area contributed by atoms with Crippen LogP contribution < -0.4 is 15.8 Å². The quantitative estimate of drug-likeness (QED) is 0.576. The first-order valence-electron chi connectivity index (χ1n) is 8.67. The molecule has 2 atom stereocenters. The van der Waals surface area contributed by atoms with Gasteiger partial charge in [-0.25, -0.2) is 0 Å². The van der Waals surface area contributed by atoms with E-state index in [4.69, 9.17) is 26.8 Å². The molecule has 7 nitrogen and oxygen atoms in total. The zero-order valence-electron chi connectivity index (χ0n) is 15.4. The molecule has 0 aliphatic carbocycles. The summed E-state index contributed by atoms with van der Waals surface area (Å²) in [6.45, 7) is 5.93. The normalized spacial score (nSPS) is 20.5. The summed E-state index contributed by atoms with van der Waals surface area (Å²) in [5.41, 5.74) is 6.48. The summed E-state index contributed by atoms with van der Waals surface area (Å²) < 4.78 is 10.2. The largest absolute Gasteiger partial charge is 0.496 e. The highest BCUT2D eigenvalue weighted by Crippen LogP contribution is 2.29. The Kier molecular flexibility index (Phi) is 7.11. The van der Waals surface area contributed by atoms with Gasteiger partial charge < -0.3 is 20.5 Å². The van der Waals surface area contributed by atoms with E-state index >= 15 is 0 Å². The second kappa shape index (κ2) is 9.09. The van der Waals surface area contributed by atoms with E-state index in [-0.39, 0.29) is 30.4 Å². The van der Waals surface area contributed by atoms with E-state index in [0.717, 1.165) is 6.42 Å². The third-order valence-corrected chi connectivity index (χ3v) is 4.85. The van der Waals surface area contributed by atoms with Crippen LogP contribution in [0.5, 0.6) is 5.75 Å². The van der Waals surface area contributed by atoms with Gasteiger partial charge in [0.25, 0.3) is 5.91 Å². The number of nitrogens with one attached hydrogen (secondary N) is 1. The standard InChI is InChI=1S/C18H26ClN3O4/c1-4-26-17(23)10-22-6-5-15(11(2)9-22)21-18(24)12-7-13(19)14(20)8-16(12)25-3/h7-8,11,15H,4-6,9-10,20H2,1-3H3,(H,21,24). The average molecular weight is 384 g/mol. The van der Waals surface area contributed by atoms with Crippen LogP contribution in [0.15, 0.2) is 12.1 Å². The van der Waals surface area contributed by atoms with Crippen molar-refractivity contribution in [3.8, 4) is 5.75 Å². The molecule has 1 heterocycles. The number of carbonyl (C=O) groups excluding carboxylic acids is 2. The Morgan fingerprint density at radius 1 is 1.42 bits per heavy atom. The van der Waals surface area contributed by atoms with Crippen LogP contribution in [0.25, 0.3) is 0 Å². The number of likely N-dealkylation sites (tertiary alicyclic amines) is 1. The number of rotatable bonds is 6. The van der Waals surface area contributed by atoms with E-state index in [1.54, 1.807) is 13.0 Å². The summed E-state index contributed by atoms with van der Waals surface area (Å²) in [7, 11) is 1.48. The van der Waals surface area contributed by atoms with E-state index in [0.29, 0.717) is 41.7 Å². The minimum absolute atomic E-state index is 0.00183. The number of anilines is 1. The Labute approximate surface area is 158 Å². The molecule has 1 saturated heterocycles. The Balaban J connectivity index is 1.98. The van der Waals surface area contributed by atoms with Gasteiger partial charge in [-0.2, -0.15) is 0 Å². The van der Waals surface area contributed by atoms with Crippen LogP contribution in [-0.4, -0.2) is 56.2 Å². The van der Waals surface area contributed by atoms with Gasteiger partial charge in [-0.1, -0.05) is 18.5 Å². The number of nitrogens with two attached hydrogens (primary N) is 1. The summed E-state index contributed by atoms with van der Waals surface area (Å²) in [6, 6.07) is 3.07. The first kappa shape index (κ1) is 20.3. The lowest BCUT2D eigenvalue weighted by atomic mass is 9.93. The van der Waals surface area contributed by atoms with Gasteiger partial charge >= 0.3 is 5.97 Å². The highest BCUT2D eigenvalue weighted by atomic mass is 35.5. The van der Waals surface area contributed by atoms with E-state index < -0.39 is 0 Å². The molecule has 0 spiro atoms. The van der Waals surface area contributed by atoms with Crippen LogP contribution in [0.2, 0.25) is 5.02 Å². The smallest absolute Gasteiger partial charge is 0.320 e. The SMILES string of the molecule is CCOC(=O)CN1CCC(NC(=O)c2cc(Cl)c(N)cc2OC)C(C)C1. The Hall–Kier alpha value is -1.99. The number of esters is 1. The molecule has 1 fully saturated rings. The number of hydrogen-bond donors (Lipinski definition) is 2. The molecule has 0 bridgehead atoms. The first-order valence-corrected chi connectivity index (χ1v) is 9.05. The highest BCUT2D eigenvalue weighted by Gasteiger charge is 2.29. The van der Waals surface area contributed by atoms with E-state index in [2.05, 4.69) is 12.2 Å². The molecule has 0 radical (unpaired) electrons. The number of carbonyl (C=O) groups is 2. The molecule has 1 aromatic carbocycles. The number of nitrogen functional groups attached to an aromatic ring is 1. The number of nitrogens with zero attached hydrogens (tertiary/aromatic N) is 1. The molecule has 1 amide bonds. The molecule has 0 aromatic heterocycles. The summed E-state index contributed by atoms with van der Waals surface area (Å²) in [5, 5.41) is 3.36. The second-order valence-corrected chi connectivity index (χ2v) is 6.87. The number of ether oxygens (including phenoxy) is 2. The van der Waals surface area contributed by atoms with Gasteiger partial charge in [-0.15, -0.1) is 0 Å². The number of benzene rings is 1. The van der Waals surface area contributed by atoms with Crippen molar-refractivity contribution < 1.29 is 19.1 Å². The van der Waals surface area contributed by atoms with Crippen molar-refractivity contribution in [2.24, 2.45) is 5.92 Å². The molecule has 1 aromatic rings. The van der Waals surface area contributed by atoms with Gasteiger partial charge in [0.1, 0.15) is 5.75 Å². The average Bonchev–Trinajstić information content (AvgIpc) is 2.59. The molecule has 144 valence electrons. The van der Waals surface area contributed by atoms with Gasteiger partial charge in [-0.05, 0) is 25.3 Å². The highest BCUT2D eigenvalue weighted by molar-refractivity contribution is 6.33. The van der Waals surface area contributed by atoms with Crippen molar-refractivity contribution in [2.75, 3.05) is 39.1 Å². The number of piperidine rings is 1. The minimum Gasteiger partial charge on any atom is -0.496 e. The maximum Gasteiger partial charge on any atom is 0.320 e. The van der Waals surface area contributed by atoms with Gasteiger partial charge in [0.05, 0.1) is 36.5 Å². The lowest BCUT2D eigenvalue weighted by molar-refractivity contribution is -0.144. The number of hydrogen-bond acceptors (Lipinski definition) is 6. The van der Waals surface area contributed by atoms with Crippen molar-refractivity contribution in [1.29, 1.82) is 0 Å². The number of methoxy groups -OCH3 is 1. The zero-order valence-corrected chi connectivity index (χ0v) is 16.1. The Bertz CT molecular complexity index is 668. The Morgan fingerprint density at radius 3 is 2.77 bits per heavy atom. The fourth-order valence-corrected chi connectivity index (χ4v) is 3.30. The maximum absolute atomic E-state index is 12.7. The molecule has 0 saturated carbocycles. The molecular weight excluding hydrogens is 358 g/mol. The molecule has 1 aliphatic heterocycles. The monoisotopic (exact) mass is 383 g/mol. The van der Waals surface area contributed by atoms with Crippen LogP contribution in [-0.2, 0) is 9.53 Å². The third kappa shape index (κ3) is 5.02. The van der Waals surface area contributed by atoms with Crippen LogP contribution in [0, 0.1) is 5.92 Å². The predicted molar refractivity (Wildman–Crippen MR) is 101 cm³/mol. The van der Waals surface area contributed by atoms with Crippen LogP contribution in [0.1, 0.15) is 30.6 Å². The fraction of sp³-hybridized carbons (Fsp3) is 0.556. The molecule has 3 N–H and O–H groups in total. The van der Waals surface area contributed by atoms with Gasteiger partial charge in [-0.3, -0.25) is 14.5 Å². The zero-order chi connectivity index (χ0) is 19.3. The van der Waals surface area contributed by atoms with Crippen molar-refractivity contribution in [3.63, 3.8) is 0 Å². The Morgan fingerprint density at radius 2 is 2.15 bits per heavy atom. The third-order valence-electron chi connectivity index (χ3n) is 4.53. The summed E-state index contributed by atoms with van der Waals surface area (Å²) in [4.78, 5) is 26.3. The van der Waals surface area contributed by atoms with Crippen molar-refractivity contribution >= 4 is 29.2 Å². The molecule has 2 unspecified atom stereocenters. The second-order valence-electron chi connectivity index (χ2n) is 6.46. The topological polar surface area (TPSA) is 93.9 Å². The van der Waals surface area contributed by atoms with Gasteiger partial charge in [0.2, 0.25) is 0 Å².